The summed E-state index contributed by atoms with van der Waals surface area (Å²) in [5.74, 6) is 0.133. The number of aryl methyl sites for hydroxylation is 1. The number of pyridine rings is 1. The van der Waals surface area contributed by atoms with E-state index in [9.17, 15) is 4.79 Å². The maximum absolute atomic E-state index is 13.6. The molecule has 1 saturated heterocycles. The lowest BCUT2D eigenvalue weighted by molar-refractivity contribution is 0.0750. The van der Waals surface area contributed by atoms with Crippen molar-refractivity contribution in [2.45, 2.75) is 72.1 Å². The van der Waals surface area contributed by atoms with E-state index in [0.717, 1.165) is 79.6 Å². The number of rotatable bonds is 12. The molecule has 2 aromatic heterocycles. The van der Waals surface area contributed by atoms with Gasteiger partial charge < -0.3 is 4.90 Å². The Morgan fingerprint density at radius 2 is 1.70 bits per heavy atom. The molecular weight excluding hydrogens is 456 g/mol. The Labute approximate surface area is 223 Å². The van der Waals surface area contributed by atoms with E-state index in [4.69, 9.17) is 5.10 Å². The van der Waals surface area contributed by atoms with E-state index in [2.05, 4.69) is 62.1 Å². The lowest BCUT2D eigenvalue weighted by atomic mass is 10.0. The first-order chi connectivity index (χ1) is 18.1. The largest absolute Gasteiger partial charge is 0.339 e. The van der Waals surface area contributed by atoms with Gasteiger partial charge in [0.2, 0.25) is 0 Å². The SMILES string of the molecule is CCCCCN(CCCC)C(=O)c1ccn2nc(-c3ccc(C)cc3)c(/C=C/CN3CCCCC3)c2c1. The summed E-state index contributed by atoms with van der Waals surface area (Å²) in [6.07, 6.45) is 15.9. The number of carbonyl (C=O) groups excluding carboxylic acids is 1. The molecule has 37 heavy (non-hydrogen) atoms. The zero-order valence-electron chi connectivity index (χ0n) is 23.1. The number of benzene rings is 1. The van der Waals surface area contributed by atoms with Crippen molar-refractivity contribution in [2.75, 3.05) is 32.7 Å². The summed E-state index contributed by atoms with van der Waals surface area (Å²) in [4.78, 5) is 18.2. The van der Waals surface area contributed by atoms with Crippen molar-refractivity contribution in [3.8, 4) is 11.3 Å². The summed E-state index contributed by atoms with van der Waals surface area (Å²) < 4.78 is 1.93. The minimum Gasteiger partial charge on any atom is -0.339 e. The lowest BCUT2D eigenvalue weighted by Gasteiger charge is -2.24. The van der Waals surface area contributed by atoms with Crippen LogP contribution in [-0.2, 0) is 0 Å². The van der Waals surface area contributed by atoms with Gasteiger partial charge >= 0.3 is 0 Å². The number of hydrogen-bond acceptors (Lipinski definition) is 3. The van der Waals surface area contributed by atoms with Crippen molar-refractivity contribution >= 4 is 17.5 Å². The molecule has 0 N–H and O–H groups in total. The molecule has 0 bridgehead atoms. The maximum atomic E-state index is 13.6. The van der Waals surface area contributed by atoms with Crippen LogP contribution in [0.25, 0.3) is 22.9 Å². The molecule has 1 aliphatic rings. The number of hydrogen-bond donors (Lipinski definition) is 0. The van der Waals surface area contributed by atoms with Crippen molar-refractivity contribution < 1.29 is 4.79 Å². The highest BCUT2D eigenvalue weighted by atomic mass is 16.2. The number of likely N-dealkylation sites (tertiary alicyclic amines) is 1. The van der Waals surface area contributed by atoms with Crippen molar-refractivity contribution in [3.05, 3.63) is 65.4 Å². The van der Waals surface area contributed by atoms with E-state index in [0.29, 0.717) is 0 Å². The van der Waals surface area contributed by atoms with Gasteiger partial charge in [-0.3, -0.25) is 9.69 Å². The Balaban J connectivity index is 1.67. The van der Waals surface area contributed by atoms with Gasteiger partial charge in [0.1, 0.15) is 5.69 Å². The van der Waals surface area contributed by atoms with Crippen LogP contribution in [0.5, 0.6) is 0 Å². The molecule has 4 rings (SSSR count). The van der Waals surface area contributed by atoms with Crippen molar-refractivity contribution in [3.63, 3.8) is 0 Å². The normalized spacial score (nSPS) is 14.6. The standard InChI is InChI=1S/C32H44N4O/c1-4-6-9-23-35(22-7-5-2)32(37)28-18-24-36-30(25-28)29(13-12-21-34-19-10-8-11-20-34)31(33-36)27-16-14-26(3)15-17-27/h12-18,24-25H,4-11,19-23H2,1-3H3/b13-12+. The molecule has 0 atom stereocenters. The number of carbonyl (C=O) groups is 1. The van der Waals surface area contributed by atoms with Crippen LogP contribution in [0.15, 0.2) is 48.7 Å². The Kier molecular flexibility index (Phi) is 9.95. The van der Waals surface area contributed by atoms with Gasteiger partial charge in [-0.05, 0) is 57.8 Å². The third-order valence-electron chi connectivity index (χ3n) is 7.44. The maximum Gasteiger partial charge on any atom is 0.253 e. The fourth-order valence-electron chi connectivity index (χ4n) is 5.15. The van der Waals surface area contributed by atoms with Crippen LogP contribution in [0, 0.1) is 6.92 Å². The second-order valence-electron chi connectivity index (χ2n) is 10.5. The number of unbranched alkanes of at least 4 members (excludes halogenated alkanes) is 3. The number of amides is 1. The molecular formula is C32H44N4O. The summed E-state index contributed by atoms with van der Waals surface area (Å²) in [6.45, 7) is 11.4. The third-order valence-corrected chi connectivity index (χ3v) is 7.44. The number of fused-ring (bicyclic) bond motifs is 1. The van der Waals surface area contributed by atoms with Crippen LogP contribution in [-0.4, -0.2) is 58.0 Å². The average Bonchev–Trinajstić information content (AvgIpc) is 3.29. The first-order valence-corrected chi connectivity index (χ1v) is 14.4. The van der Waals surface area contributed by atoms with Crippen molar-refractivity contribution in [2.24, 2.45) is 0 Å². The second kappa shape index (κ2) is 13.6. The van der Waals surface area contributed by atoms with Gasteiger partial charge in [-0.2, -0.15) is 5.10 Å². The summed E-state index contributed by atoms with van der Waals surface area (Å²) in [5.41, 5.74) is 6.12. The molecule has 1 aliphatic heterocycles. The first kappa shape index (κ1) is 27.1. The quantitative estimate of drug-likeness (QED) is 0.246. The Bertz CT molecular complexity index is 1170. The van der Waals surface area contributed by atoms with Gasteiger partial charge in [0.05, 0.1) is 5.52 Å². The smallest absolute Gasteiger partial charge is 0.253 e. The molecule has 198 valence electrons. The van der Waals surface area contributed by atoms with E-state index in [1.165, 1.54) is 37.9 Å². The molecule has 3 aromatic rings. The Morgan fingerprint density at radius 1 is 0.973 bits per heavy atom. The molecule has 5 heteroatoms. The molecule has 0 unspecified atom stereocenters. The van der Waals surface area contributed by atoms with Gasteiger partial charge in [-0.15, -0.1) is 0 Å². The molecule has 1 amide bonds. The van der Waals surface area contributed by atoms with E-state index in [1.54, 1.807) is 0 Å². The molecule has 1 aromatic carbocycles. The summed E-state index contributed by atoms with van der Waals surface area (Å²) >= 11 is 0. The first-order valence-electron chi connectivity index (χ1n) is 14.4. The minimum atomic E-state index is 0.133. The zero-order valence-corrected chi connectivity index (χ0v) is 23.1. The molecule has 3 heterocycles. The fraction of sp³-hybridized carbons (Fsp3) is 0.500. The highest BCUT2D eigenvalue weighted by Crippen LogP contribution is 2.29. The van der Waals surface area contributed by atoms with Crippen LogP contribution in [0.4, 0.5) is 0 Å². The predicted octanol–water partition coefficient (Wildman–Crippen LogP) is 7.24. The van der Waals surface area contributed by atoms with E-state index < -0.39 is 0 Å². The van der Waals surface area contributed by atoms with Gasteiger partial charge in [0, 0.05) is 42.5 Å². The summed E-state index contributed by atoms with van der Waals surface area (Å²) in [5, 5.41) is 4.96. The van der Waals surface area contributed by atoms with Crippen molar-refractivity contribution in [1.82, 2.24) is 19.4 Å². The number of piperidine rings is 1. The number of nitrogens with zero attached hydrogens (tertiary/aromatic N) is 4. The molecule has 0 radical (unpaired) electrons. The Hall–Kier alpha value is -2.92. The fourth-order valence-corrected chi connectivity index (χ4v) is 5.15. The predicted molar refractivity (Wildman–Crippen MR) is 155 cm³/mol. The monoisotopic (exact) mass is 500 g/mol. The van der Waals surface area contributed by atoms with Crippen LogP contribution < -0.4 is 0 Å². The molecule has 0 saturated carbocycles. The topological polar surface area (TPSA) is 40.9 Å². The van der Waals surface area contributed by atoms with Gasteiger partial charge in [0.25, 0.3) is 5.91 Å². The lowest BCUT2D eigenvalue weighted by Crippen LogP contribution is -2.33. The highest BCUT2D eigenvalue weighted by Gasteiger charge is 2.19. The van der Waals surface area contributed by atoms with E-state index in [1.807, 2.05) is 27.7 Å². The molecule has 1 fully saturated rings. The van der Waals surface area contributed by atoms with Crippen LogP contribution >= 0.6 is 0 Å². The van der Waals surface area contributed by atoms with E-state index in [-0.39, 0.29) is 5.91 Å². The van der Waals surface area contributed by atoms with Crippen LogP contribution in [0.1, 0.15) is 86.7 Å². The third kappa shape index (κ3) is 7.10. The van der Waals surface area contributed by atoms with Gasteiger partial charge in [-0.1, -0.05) is 81.5 Å². The second-order valence-corrected chi connectivity index (χ2v) is 10.5. The van der Waals surface area contributed by atoms with Gasteiger partial charge in [0.15, 0.2) is 0 Å². The molecule has 5 nitrogen and oxygen atoms in total. The minimum absolute atomic E-state index is 0.133. The number of aromatic nitrogens is 2. The molecule has 0 spiro atoms. The highest BCUT2D eigenvalue weighted by molar-refractivity contribution is 5.96. The molecule has 0 aliphatic carbocycles. The van der Waals surface area contributed by atoms with Gasteiger partial charge in [-0.25, -0.2) is 4.52 Å². The average molecular weight is 501 g/mol. The van der Waals surface area contributed by atoms with Crippen LogP contribution in [0.3, 0.4) is 0 Å². The van der Waals surface area contributed by atoms with Crippen LogP contribution in [0.2, 0.25) is 0 Å². The Morgan fingerprint density at radius 3 is 2.43 bits per heavy atom. The summed E-state index contributed by atoms with van der Waals surface area (Å²) in [6, 6.07) is 12.5. The zero-order chi connectivity index (χ0) is 26.0. The van der Waals surface area contributed by atoms with E-state index >= 15 is 0 Å². The summed E-state index contributed by atoms with van der Waals surface area (Å²) in [7, 11) is 0. The van der Waals surface area contributed by atoms with Crippen molar-refractivity contribution in [1.29, 1.82) is 0 Å².